The first-order valence-corrected chi connectivity index (χ1v) is 11.1. The van der Waals surface area contributed by atoms with Crippen molar-refractivity contribution in [1.29, 1.82) is 0 Å². The maximum atomic E-state index is 13.5. The number of nitrogens with zero attached hydrogens (tertiary/aromatic N) is 4. The Morgan fingerprint density at radius 2 is 2.00 bits per heavy atom. The fraction of sp³-hybridized carbons (Fsp3) is 0.308. The first-order chi connectivity index (χ1) is 16.0. The van der Waals surface area contributed by atoms with E-state index in [1.807, 2.05) is 47.0 Å². The number of halogens is 1. The summed E-state index contributed by atoms with van der Waals surface area (Å²) in [5.74, 6) is 1.37. The van der Waals surface area contributed by atoms with Crippen molar-refractivity contribution in [1.82, 2.24) is 14.6 Å². The zero-order chi connectivity index (χ0) is 23.0. The van der Waals surface area contributed by atoms with Gasteiger partial charge in [-0.15, -0.1) is 0 Å². The molecule has 2 aliphatic heterocycles. The summed E-state index contributed by atoms with van der Waals surface area (Å²) in [6.45, 7) is 5.33. The molecule has 2 aliphatic rings. The van der Waals surface area contributed by atoms with E-state index in [1.165, 1.54) is 12.1 Å². The smallest absolute Gasteiger partial charge is 0.152 e. The van der Waals surface area contributed by atoms with Gasteiger partial charge in [-0.25, -0.2) is 14.4 Å². The number of hydroxylamine groups is 2. The Morgan fingerprint density at radius 1 is 1.18 bits per heavy atom. The van der Waals surface area contributed by atoms with Gasteiger partial charge in [-0.1, -0.05) is 18.2 Å². The molecular weight excluding hydrogens is 419 g/mol. The molecule has 6 nitrogen and oxygen atoms in total. The molecule has 1 aromatic heterocycles. The molecule has 1 fully saturated rings. The minimum atomic E-state index is -0.412. The summed E-state index contributed by atoms with van der Waals surface area (Å²) in [6.07, 6.45) is 7.46. The molecule has 0 bridgehead atoms. The van der Waals surface area contributed by atoms with Crippen molar-refractivity contribution in [3.63, 3.8) is 0 Å². The third kappa shape index (κ3) is 3.93. The van der Waals surface area contributed by atoms with E-state index in [4.69, 9.17) is 14.6 Å². The van der Waals surface area contributed by atoms with Crippen molar-refractivity contribution in [2.24, 2.45) is 4.99 Å². The van der Waals surface area contributed by atoms with Crippen LogP contribution in [-0.4, -0.2) is 40.7 Å². The maximum absolute atomic E-state index is 13.5. The van der Waals surface area contributed by atoms with Gasteiger partial charge in [0.05, 0.1) is 37.0 Å². The average molecular weight is 447 g/mol. The molecule has 33 heavy (non-hydrogen) atoms. The van der Waals surface area contributed by atoms with Crippen molar-refractivity contribution in [2.45, 2.75) is 32.2 Å². The van der Waals surface area contributed by atoms with Crippen LogP contribution in [0, 0.1) is 12.7 Å². The summed E-state index contributed by atoms with van der Waals surface area (Å²) in [7, 11) is 1.68. The summed E-state index contributed by atoms with van der Waals surface area (Å²) in [6, 6.07) is 12.8. The molecule has 3 aromatic rings. The normalized spacial score (nSPS) is 21.6. The highest BCUT2D eigenvalue weighted by atomic mass is 19.1. The van der Waals surface area contributed by atoms with E-state index < -0.39 is 5.54 Å². The third-order valence-electron chi connectivity index (χ3n) is 6.38. The Hall–Kier alpha value is -3.45. The van der Waals surface area contributed by atoms with Crippen molar-refractivity contribution in [2.75, 3.05) is 20.3 Å². The fourth-order valence-corrected chi connectivity index (χ4v) is 4.53. The molecule has 170 valence electrons. The van der Waals surface area contributed by atoms with Crippen molar-refractivity contribution in [3.8, 4) is 11.4 Å². The van der Waals surface area contributed by atoms with Gasteiger partial charge in [0.15, 0.2) is 5.84 Å². The van der Waals surface area contributed by atoms with E-state index in [-0.39, 0.29) is 5.82 Å². The minimum absolute atomic E-state index is 0.240. The molecule has 2 aromatic carbocycles. The summed E-state index contributed by atoms with van der Waals surface area (Å²) in [4.78, 5) is 15.2. The monoisotopic (exact) mass is 446 g/mol. The third-order valence-corrected chi connectivity index (χ3v) is 6.38. The Labute approximate surface area is 192 Å². The number of aliphatic imine (C=N–C) groups is 1. The largest absolute Gasteiger partial charge is 0.495 e. The van der Waals surface area contributed by atoms with Gasteiger partial charge in [0.1, 0.15) is 11.6 Å². The lowest BCUT2D eigenvalue weighted by Crippen LogP contribution is -2.53. The molecule has 7 heteroatoms. The number of rotatable bonds is 4. The number of imidazole rings is 1. The molecule has 1 atom stereocenters. The van der Waals surface area contributed by atoms with Gasteiger partial charge in [0, 0.05) is 19.2 Å². The first kappa shape index (κ1) is 21.4. The van der Waals surface area contributed by atoms with Crippen LogP contribution in [0.25, 0.3) is 11.8 Å². The standard InChI is InChI=1S/C26H27FN4O2/c1-18-16-30(17-29-18)23-9-4-19(15-24(23)32-3)14-20-10-13-33-31-25(20)28-12-11-26(31,2)21-5-7-22(27)8-6-21/h4-9,14-17H,10-13H2,1-3H3/b20-14-. The fourth-order valence-electron chi connectivity index (χ4n) is 4.53. The summed E-state index contributed by atoms with van der Waals surface area (Å²) < 4.78 is 21.2. The molecule has 1 unspecified atom stereocenters. The predicted octanol–water partition coefficient (Wildman–Crippen LogP) is 5.07. The number of aryl methyl sites for hydroxylation is 1. The van der Waals surface area contributed by atoms with E-state index in [9.17, 15) is 4.39 Å². The highest BCUT2D eigenvalue weighted by molar-refractivity contribution is 6.02. The number of amidine groups is 1. The van der Waals surface area contributed by atoms with Gasteiger partial charge in [0.25, 0.3) is 0 Å². The van der Waals surface area contributed by atoms with Crippen molar-refractivity contribution in [3.05, 3.63) is 83.2 Å². The molecule has 0 N–H and O–H groups in total. The minimum Gasteiger partial charge on any atom is -0.495 e. The molecule has 0 spiro atoms. The number of hydrogen-bond acceptors (Lipinski definition) is 5. The van der Waals surface area contributed by atoms with Gasteiger partial charge < -0.3 is 9.30 Å². The molecule has 0 aliphatic carbocycles. The zero-order valence-electron chi connectivity index (χ0n) is 19.1. The summed E-state index contributed by atoms with van der Waals surface area (Å²) in [5.41, 5.74) is 4.63. The summed E-state index contributed by atoms with van der Waals surface area (Å²) >= 11 is 0. The molecule has 5 rings (SSSR count). The molecular formula is C26H27FN4O2. The number of hydrogen-bond donors (Lipinski definition) is 0. The number of aromatic nitrogens is 2. The quantitative estimate of drug-likeness (QED) is 0.562. The second-order valence-corrected chi connectivity index (χ2v) is 8.64. The highest BCUT2D eigenvalue weighted by Crippen LogP contribution is 2.39. The Bertz CT molecular complexity index is 1230. The van der Waals surface area contributed by atoms with E-state index in [0.717, 1.165) is 52.5 Å². The van der Waals surface area contributed by atoms with Crippen LogP contribution < -0.4 is 4.74 Å². The first-order valence-electron chi connectivity index (χ1n) is 11.1. The summed E-state index contributed by atoms with van der Waals surface area (Å²) in [5, 5.41) is 1.92. The number of benzene rings is 2. The van der Waals surface area contributed by atoms with Gasteiger partial charge in [-0.05, 0) is 67.3 Å². The number of ether oxygens (including phenoxy) is 1. The van der Waals surface area contributed by atoms with Crippen LogP contribution >= 0.6 is 0 Å². The lowest BCUT2D eigenvalue weighted by atomic mass is 9.85. The average Bonchev–Trinajstić information content (AvgIpc) is 3.26. The Kier molecular flexibility index (Phi) is 5.50. The van der Waals surface area contributed by atoms with Crippen LogP contribution in [-0.2, 0) is 10.4 Å². The van der Waals surface area contributed by atoms with Gasteiger partial charge in [-0.3, -0.25) is 9.83 Å². The van der Waals surface area contributed by atoms with Crippen LogP contribution in [0.5, 0.6) is 5.75 Å². The van der Waals surface area contributed by atoms with Gasteiger partial charge >= 0.3 is 0 Å². The van der Waals surface area contributed by atoms with E-state index >= 15 is 0 Å². The van der Waals surface area contributed by atoms with Crippen LogP contribution in [0.1, 0.15) is 36.6 Å². The molecule has 3 heterocycles. The predicted molar refractivity (Wildman–Crippen MR) is 126 cm³/mol. The van der Waals surface area contributed by atoms with Gasteiger partial charge in [0.2, 0.25) is 0 Å². The Morgan fingerprint density at radius 3 is 2.73 bits per heavy atom. The molecule has 1 saturated heterocycles. The van der Waals surface area contributed by atoms with Crippen LogP contribution in [0.2, 0.25) is 0 Å². The highest BCUT2D eigenvalue weighted by Gasteiger charge is 2.42. The van der Waals surface area contributed by atoms with E-state index in [1.54, 1.807) is 13.4 Å². The molecule has 0 saturated carbocycles. The lowest BCUT2D eigenvalue weighted by molar-refractivity contribution is -0.177. The van der Waals surface area contributed by atoms with Crippen molar-refractivity contribution < 1.29 is 14.0 Å². The molecule has 0 amide bonds. The number of methoxy groups -OCH3 is 1. The van der Waals surface area contributed by atoms with Crippen molar-refractivity contribution >= 4 is 11.9 Å². The maximum Gasteiger partial charge on any atom is 0.152 e. The number of fused-ring (bicyclic) bond motifs is 1. The lowest BCUT2D eigenvalue weighted by Gasteiger charge is -2.47. The van der Waals surface area contributed by atoms with Gasteiger partial charge in [-0.2, -0.15) is 0 Å². The van der Waals surface area contributed by atoms with Crippen LogP contribution in [0.4, 0.5) is 4.39 Å². The van der Waals surface area contributed by atoms with Crippen LogP contribution in [0.3, 0.4) is 0 Å². The second-order valence-electron chi connectivity index (χ2n) is 8.64. The Balaban J connectivity index is 1.48. The second kappa shape index (κ2) is 8.48. The topological polar surface area (TPSA) is 51.9 Å². The van der Waals surface area contributed by atoms with E-state index in [2.05, 4.69) is 24.1 Å². The zero-order valence-corrected chi connectivity index (χ0v) is 19.1. The SMILES string of the molecule is COc1cc(/C=C2/CCON3C2=NCCC3(C)c2ccc(F)cc2)ccc1-n1cnc(C)c1. The molecule has 0 radical (unpaired) electrons. The van der Waals surface area contributed by atoms with E-state index in [0.29, 0.717) is 13.2 Å². The van der Waals surface area contributed by atoms with Crippen LogP contribution in [0.15, 0.2) is 65.6 Å².